The summed E-state index contributed by atoms with van der Waals surface area (Å²) in [5.74, 6) is -2.15. The van der Waals surface area contributed by atoms with Crippen molar-refractivity contribution in [3.63, 3.8) is 0 Å². The summed E-state index contributed by atoms with van der Waals surface area (Å²) in [5, 5.41) is 20.0. The van der Waals surface area contributed by atoms with Gasteiger partial charge in [-0.3, -0.25) is 9.59 Å². The lowest BCUT2D eigenvalue weighted by atomic mass is 9.56. The van der Waals surface area contributed by atoms with E-state index in [9.17, 15) is 19.8 Å². The molecule has 2 unspecified atom stereocenters. The normalized spacial score (nSPS) is 34.2. The molecule has 2 aliphatic carbocycles. The van der Waals surface area contributed by atoms with Crippen molar-refractivity contribution in [2.24, 2.45) is 11.8 Å². The van der Waals surface area contributed by atoms with Crippen molar-refractivity contribution in [3.8, 4) is 5.88 Å². The van der Waals surface area contributed by atoms with Crippen LogP contribution < -0.4 is 4.74 Å². The lowest BCUT2D eigenvalue weighted by Gasteiger charge is -2.46. The number of rotatable bonds is 2. The number of nitrogens with zero attached hydrogens (tertiary/aromatic N) is 1. The summed E-state index contributed by atoms with van der Waals surface area (Å²) in [4.78, 5) is 28.8. The number of fused-ring (bicyclic) bond motifs is 4. The van der Waals surface area contributed by atoms with E-state index in [4.69, 9.17) is 4.74 Å². The second-order valence-electron chi connectivity index (χ2n) is 5.91. The number of aliphatic hydroxyl groups is 1. The molecule has 4 atom stereocenters. The van der Waals surface area contributed by atoms with Crippen LogP contribution in [0.1, 0.15) is 24.6 Å². The highest BCUT2D eigenvalue weighted by Crippen LogP contribution is 2.48. The third-order valence-corrected chi connectivity index (χ3v) is 4.78. The Labute approximate surface area is 121 Å². The van der Waals surface area contributed by atoms with Gasteiger partial charge < -0.3 is 14.9 Å². The molecule has 0 saturated heterocycles. The smallest absolute Gasteiger partial charge is 0.321 e. The number of carbonyl (C=O) groups is 2. The fourth-order valence-electron chi connectivity index (χ4n) is 3.68. The quantitative estimate of drug-likeness (QED) is 0.773. The molecule has 1 fully saturated rings. The molecule has 1 aromatic rings. The van der Waals surface area contributed by atoms with E-state index in [1.165, 1.54) is 7.11 Å². The molecule has 0 aromatic carbocycles. The highest BCUT2D eigenvalue weighted by Gasteiger charge is 2.60. The van der Waals surface area contributed by atoms with E-state index in [-0.39, 0.29) is 18.8 Å². The molecular formula is C15H17NO5. The Bertz CT molecular complexity index is 628. The van der Waals surface area contributed by atoms with E-state index in [0.29, 0.717) is 17.1 Å². The Morgan fingerprint density at radius 1 is 1.48 bits per heavy atom. The molecule has 0 amide bonds. The standard InChI is InChI=1S/C15H17NO5/c1-7-6-15(14(19)20)9-3-4-11(21-2)16-10(9)5-8(12(7)17)13(15)18/h3-4,7-8,12,17H,5-6H2,1-2H3,(H,19,20)/t7?,8-,12?,15+/m1/s1. The molecule has 6 heteroatoms. The van der Waals surface area contributed by atoms with Crippen LogP contribution in [0.5, 0.6) is 5.88 Å². The average molecular weight is 291 g/mol. The van der Waals surface area contributed by atoms with Crippen molar-refractivity contribution < 1.29 is 24.5 Å². The van der Waals surface area contributed by atoms with Crippen LogP contribution in [0, 0.1) is 11.8 Å². The fraction of sp³-hybridized carbons (Fsp3) is 0.533. The molecule has 2 N–H and O–H groups in total. The van der Waals surface area contributed by atoms with Crippen LogP contribution in [0.4, 0.5) is 0 Å². The molecule has 0 aliphatic heterocycles. The van der Waals surface area contributed by atoms with Crippen LogP contribution in [-0.4, -0.2) is 40.2 Å². The van der Waals surface area contributed by atoms with Gasteiger partial charge in [0.1, 0.15) is 0 Å². The minimum atomic E-state index is -1.59. The summed E-state index contributed by atoms with van der Waals surface area (Å²) in [7, 11) is 1.48. The molecule has 2 bridgehead atoms. The highest BCUT2D eigenvalue weighted by atomic mass is 16.5. The zero-order chi connectivity index (χ0) is 15.4. The number of ketones is 1. The first-order valence-corrected chi connectivity index (χ1v) is 6.92. The predicted molar refractivity (Wildman–Crippen MR) is 72.1 cm³/mol. The minimum Gasteiger partial charge on any atom is -0.481 e. The Morgan fingerprint density at radius 3 is 2.81 bits per heavy atom. The van der Waals surface area contributed by atoms with Gasteiger partial charge in [0.15, 0.2) is 11.2 Å². The average Bonchev–Trinajstić information content (AvgIpc) is 2.46. The lowest BCUT2D eigenvalue weighted by molar-refractivity contribution is -0.159. The number of Topliss-reactive ketones (excluding diaryl/α,β-unsaturated/α-hetero) is 1. The Kier molecular flexibility index (Phi) is 3.02. The summed E-state index contributed by atoms with van der Waals surface area (Å²) in [6, 6.07) is 3.20. The highest BCUT2D eigenvalue weighted by molar-refractivity contribution is 6.12. The van der Waals surface area contributed by atoms with Crippen molar-refractivity contribution in [2.45, 2.75) is 31.3 Å². The minimum absolute atomic E-state index is 0.0971. The zero-order valence-corrected chi connectivity index (χ0v) is 11.9. The van der Waals surface area contributed by atoms with E-state index < -0.39 is 29.2 Å². The SMILES string of the molecule is COc1ccc2c(n1)C[C@H]1C(=O)[C@]2(C(=O)O)CC(C)C1O. The maximum absolute atomic E-state index is 12.6. The molecule has 6 nitrogen and oxygen atoms in total. The number of ether oxygens (including phenoxy) is 1. The van der Waals surface area contributed by atoms with E-state index in [1.54, 1.807) is 19.1 Å². The molecule has 21 heavy (non-hydrogen) atoms. The molecule has 1 heterocycles. The largest absolute Gasteiger partial charge is 0.481 e. The van der Waals surface area contributed by atoms with Gasteiger partial charge in [-0.2, -0.15) is 0 Å². The van der Waals surface area contributed by atoms with E-state index in [2.05, 4.69) is 4.98 Å². The van der Waals surface area contributed by atoms with Gasteiger partial charge >= 0.3 is 5.97 Å². The topological polar surface area (TPSA) is 96.7 Å². The lowest BCUT2D eigenvalue weighted by Crippen LogP contribution is -2.60. The van der Waals surface area contributed by atoms with Crippen molar-refractivity contribution >= 4 is 11.8 Å². The molecule has 0 spiro atoms. The van der Waals surface area contributed by atoms with E-state index >= 15 is 0 Å². The van der Waals surface area contributed by atoms with Gasteiger partial charge in [-0.25, -0.2) is 4.98 Å². The number of carboxylic acids is 1. The monoisotopic (exact) mass is 291 g/mol. The third-order valence-electron chi connectivity index (χ3n) is 4.78. The number of aromatic nitrogens is 1. The van der Waals surface area contributed by atoms with E-state index in [0.717, 1.165) is 0 Å². The Morgan fingerprint density at radius 2 is 2.19 bits per heavy atom. The summed E-state index contributed by atoms with van der Waals surface area (Å²) in [5.41, 5.74) is -0.612. The molecule has 2 aliphatic rings. The first-order chi connectivity index (χ1) is 9.91. The Balaban J connectivity index is 2.24. The molecule has 1 saturated carbocycles. The summed E-state index contributed by atoms with van der Waals surface area (Å²) in [6.45, 7) is 1.78. The third kappa shape index (κ3) is 1.72. The van der Waals surface area contributed by atoms with Gasteiger partial charge in [-0.05, 0) is 17.9 Å². The van der Waals surface area contributed by atoms with Crippen molar-refractivity contribution in [2.75, 3.05) is 7.11 Å². The Hall–Kier alpha value is -1.95. The van der Waals surface area contributed by atoms with Gasteiger partial charge in [0.25, 0.3) is 0 Å². The van der Waals surface area contributed by atoms with Crippen molar-refractivity contribution in [1.82, 2.24) is 4.98 Å². The van der Waals surface area contributed by atoms with Crippen LogP contribution in [0.25, 0.3) is 0 Å². The van der Waals surface area contributed by atoms with Gasteiger partial charge in [-0.1, -0.05) is 13.0 Å². The number of hydrogen-bond donors (Lipinski definition) is 2. The number of aliphatic hydroxyl groups excluding tert-OH is 1. The molecule has 1 aromatic heterocycles. The summed E-state index contributed by atoms with van der Waals surface area (Å²) < 4.78 is 5.06. The maximum atomic E-state index is 12.6. The molecule has 0 radical (unpaired) electrons. The number of pyridine rings is 1. The van der Waals surface area contributed by atoms with Gasteiger partial charge in [-0.15, -0.1) is 0 Å². The first kappa shape index (κ1) is 14.0. The van der Waals surface area contributed by atoms with Crippen LogP contribution in [0.2, 0.25) is 0 Å². The summed E-state index contributed by atoms with van der Waals surface area (Å²) >= 11 is 0. The maximum Gasteiger partial charge on any atom is 0.321 e. The number of methoxy groups -OCH3 is 1. The number of hydrogen-bond acceptors (Lipinski definition) is 5. The molecule has 3 rings (SSSR count). The molecule has 112 valence electrons. The second kappa shape index (κ2) is 4.53. The van der Waals surface area contributed by atoms with Crippen molar-refractivity contribution in [1.29, 1.82) is 0 Å². The van der Waals surface area contributed by atoms with Gasteiger partial charge in [0, 0.05) is 12.5 Å². The fourth-order valence-corrected chi connectivity index (χ4v) is 3.68. The first-order valence-electron chi connectivity index (χ1n) is 6.92. The predicted octanol–water partition coefficient (Wildman–Crippen LogP) is 0.555. The van der Waals surface area contributed by atoms with Crippen molar-refractivity contribution in [3.05, 3.63) is 23.4 Å². The second-order valence-corrected chi connectivity index (χ2v) is 5.91. The van der Waals surface area contributed by atoms with E-state index in [1.807, 2.05) is 0 Å². The zero-order valence-electron chi connectivity index (χ0n) is 11.9. The molecular weight excluding hydrogens is 274 g/mol. The summed E-state index contributed by atoms with van der Waals surface area (Å²) in [6.07, 6.45) is -0.475. The van der Waals surface area contributed by atoms with Gasteiger partial charge in [0.2, 0.25) is 5.88 Å². The van der Waals surface area contributed by atoms with Crippen LogP contribution in [0.15, 0.2) is 12.1 Å². The van der Waals surface area contributed by atoms with Crippen LogP contribution >= 0.6 is 0 Å². The number of aliphatic carboxylic acids is 1. The van der Waals surface area contributed by atoms with Crippen LogP contribution in [-0.2, 0) is 21.4 Å². The van der Waals surface area contributed by atoms with Gasteiger partial charge in [0.05, 0.1) is 24.8 Å². The number of carboxylic acid groups (broad SMARTS) is 1. The van der Waals surface area contributed by atoms with Crippen LogP contribution in [0.3, 0.4) is 0 Å². The number of carbonyl (C=O) groups excluding carboxylic acids is 1.